The van der Waals surface area contributed by atoms with Crippen LogP contribution in [0, 0.1) is 13.8 Å². The normalized spacial score (nSPS) is 22.6. The van der Waals surface area contributed by atoms with Gasteiger partial charge < -0.3 is 14.7 Å². The van der Waals surface area contributed by atoms with E-state index in [2.05, 4.69) is 0 Å². The molecule has 1 N–H and O–H groups in total. The minimum atomic E-state index is -0.755. The number of amides is 1. The number of rotatable bonds is 3. The SMILES string of the molecule is Cc1cccc(OCC(=O)N2CCC(C)(O)C2)c1C. The van der Waals surface area contributed by atoms with E-state index < -0.39 is 5.60 Å². The number of β-amino-alcohol motifs (C(OH)–C–C–N with tert-alkyl or cyclic N) is 1. The third kappa shape index (κ3) is 3.26. The molecule has 2 rings (SSSR count). The molecule has 1 aliphatic heterocycles. The number of benzene rings is 1. The molecule has 1 aromatic carbocycles. The third-order valence-corrected chi connectivity index (χ3v) is 3.71. The first-order chi connectivity index (χ1) is 8.89. The maximum absolute atomic E-state index is 12.0. The summed E-state index contributed by atoms with van der Waals surface area (Å²) in [5, 5.41) is 9.84. The van der Waals surface area contributed by atoms with Crippen molar-refractivity contribution in [2.24, 2.45) is 0 Å². The Bertz CT molecular complexity index is 482. The summed E-state index contributed by atoms with van der Waals surface area (Å²) in [6, 6.07) is 5.81. The number of aliphatic hydroxyl groups is 1. The van der Waals surface area contributed by atoms with E-state index in [1.807, 2.05) is 32.0 Å². The average Bonchev–Trinajstić information content (AvgIpc) is 2.71. The zero-order valence-electron chi connectivity index (χ0n) is 11.8. The van der Waals surface area contributed by atoms with Gasteiger partial charge in [-0.3, -0.25) is 4.79 Å². The van der Waals surface area contributed by atoms with Gasteiger partial charge in [0.15, 0.2) is 6.61 Å². The van der Waals surface area contributed by atoms with Crippen LogP contribution < -0.4 is 4.74 Å². The summed E-state index contributed by atoms with van der Waals surface area (Å²) < 4.78 is 5.59. The third-order valence-electron chi connectivity index (χ3n) is 3.71. The number of nitrogens with zero attached hydrogens (tertiary/aromatic N) is 1. The fourth-order valence-electron chi connectivity index (χ4n) is 2.27. The number of aryl methyl sites for hydroxylation is 1. The maximum Gasteiger partial charge on any atom is 0.260 e. The van der Waals surface area contributed by atoms with E-state index in [1.165, 1.54) is 0 Å². The van der Waals surface area contributed by atoms with Gasteiger partial charge in [-0.25, -0.2) is 0 Å². The molecule has 1 aromatic rings. The molecule has 0 radical (unpaired) electrons. The lowest BCUT2D eigenvalue weighted by Crippen LogP contribution is -2.36. The molecule has 1 fully saturated rings. The first-order valence-corrected chi connectivity index (χ1v) is 6.58. The molecule has 4 nitrogen and oxygen atoms in total. The monoisotopic (exact) mass is 263 g/mol. The number of hydrogen-bond donors (Lipinski definition) is 1. The van der Waals surface area contributed by atoms with E-state index in [-0.39, 0.29) is 12.5 Å². The van der Waals surface area contributed by atoms with E-state index in [1.54, 1.807) is 11.8 Å². The van der Waals surface area contributed by atoms with Crippen LogP contribution in [-0.4, -0.2) is 41.2 Å². The molecule has 1 heterocycles. The van der Waals surface area contributed by atoms with Crippen molar-refractivity contribution in [2.75, 3.05) is 19.7 Å². The summed E-state index contributed by atoms with van der Waals surface area (Å²) in [4.78, 5) is 13.7. The number of hydrogen-bond acceptors (Lipinski definition) is 3. The van der Waals surface area contributed by atoms with E-state index in [4.69, 9.17) is 4.74 Å². The van der Waals surface area contributed by atoms with Crippen molar-refractivity contribution in [3.05, 3.63) is 29.3 Å². The second kappa shape index (κ2) is 5.21. The minimum absolute atomic E-state index is 0.0281. The fourth-order valence-corrected chi connectivity index (χ4v) is 2.27. The van der Waals surface area contributed by atoms with Crippen molar-refractivity contribution in [1.82, 2.24) is 4.90 Å². The molecule has 1 saturated heterocycles. The second-order valence-electron chi connectivity index (χ2n) is 5.55. The van der Waals surface area contributed by atoms with Crippen LogP contribution in [0.15, 0.2) is 18.2 Å². The van der Waals surface area contributed by atoms with Crippen molar-refractivity contribution in [3.63, 3.8) is 0 Å². The second-order valence-corrected chi connectivity index (χ2v) is 5.55. The van der Waals surface area contributed by atoms with Crippen LogP contribution in [0.5, 0.6) is 5.75 Å². The predicted molar refractivity (Wildman–Crippen MR) is 73.2 cm³/mol. The van der Waals surface area contributed by atoms with Gasteiger partial charge in [0.2, 0.25) is 0 Å². The van der Waals surface area contributed by atoms with E-state index in [9.17, 15) is 9.90 Å². The highest BCUT2D eigenvalue weighted by molar-refractivity contribution is 5.78. The summed E-state index contributed by atoms with van der Waals surface area (Å²) in [5.74, 6) is 0.679. The van der Waals surface area contributed by atoms with Gasteiger partial charge in [0.1, 0.15) is 5.75 Å². The molecule has 1 aliphatic rings. The van der Waals surface area contributed by atoms with Gasteiger partial charge in [0, 0.05) is 13.1 Å². The molecule has 104 valence electrons. The number of likely N-dealkylation sites (tertiary alicyclic amines) is 1. The molecule has 4 heteroatoms. The van der Waals surface area contributed by atoms with Crippen LogP contribution in [0.2, 0.25) is 0 Å². The smallest absolute Gasteiger partial charge is 0.260 e. The molecule has 0 bridgehead atoms. The molecule has 1 amide bonds. The van der Waals surface area contributed by atoms with Crippen molar-refractivity contribution < 1.29 is 14.6 Å². The number of ether oxygens (including phenoxy) is 1. The van der Waals surface area contributed by atoms with Gasteiger partial charge in [-0.1, -0.05) is 12.1 Å². The summed E-state index contributed by atoms with van der Waals surface area (Å²) >= 11 is 0. The van der Waals surface area contributed by atoms with Crippen molar-refractivity contribution in [1.29, 1.82) is 0 Å². The van der Waals surface area contributed by atoms with Crippen LogP contribution in [0.4, 0.5) is 0 Å². The number of carbonyl (C=O) groups is 1. The summed E-state index contributed by atoms with van der Waals surface area (Å²) in [5.41, 5.74) is 1.45. The highest BCUT2D eigenvalue weighted by Gasteiger charge is 2.33. The fraction of sp³-hybridized carbons (Fsp3) is 0.533. The molecule has 19 heavy (non-hydrogen) atoms. The predicted octanol–water partition coefficient (Wildman–Crippen LogP) is 1.67. The van der Waals surface area contributed by atoms with Crippen LogP contribution in [0.3, 0.4) is 0 Å². The van der Waals surface area contributed by atoms with Gasteiger partial charge in [-0.15, -0.1) is 0 Å². The maximum atomic E-state index is 12.0. The summed E-state index contributed by atoms with van der Waals surface area (Å²) in [6.45, 7) is 6.77. The lowest BCUT2D eigenvalue weighted by molar-refractivity contribution is -0.133. The average molecular weight is 263 g/mol. The molecule has 0 aromatic heterocycles. The highest BCUT2D eigenvalue weighted by Crippen LogP contribution is 2.22. The van der Waals surface area contributed by atoms with Gasteiger partial charge in [0.05, 0.1) is 5.60 Å². The van der Waals surface area contributed by atoms with Gasteiger partial charge in [-0.2, -0.15) is 0 Å². The summed E-state index contributed by atoms with van der Waals surface area (Å²) in [6.07, 6.45) is 0.627. The lowest BCUT2D eigenvalue weighted by Gasteiger charge is -2.19. The topological polar surface area (TPSA) is 49.8 Å². The van der Waals surface area contributed by atoms with E-state index in [0.29, 0.717) is 19.5 Å². The van der Waals surface area contributed by atoms with Gasteiger partial charge in [-0.05, 0) is 44.4 Å². The Kier molecular flexibility index (Phi) is 3.80. The molecule has 0 saturated carbocycles. The van der Waals surface area contributed by atoms with Crippen LogP contribution in [0.1, 0.15) is 24.5 Å². The molecule has 1 unspecified atom stereocenters. The molecule has 0 spiro atoms. The van der Waals surface area contributed by atoms with Crippen LogP contribution >= 0.6 is 0 Å². The number of carbonyl (C=O) groups excluding carboxylic acids is 1. The van der Waals surface area contributed by atoms with Crippen molar-refractivity contribution in [3.8, 4) is 5.75 Å². The Morgan fingerprint density at radius 1 is 1.47 bits per heavy atom. The Balaban J connectivity index is 1.92. The Morgan fingerprint density at radius 3 is 2.84 bits per heavy atom. The molecule has 1 atom stereocenters. The Labute approximate surface area is 114 Å². The van der Waals surface area contributed by atoms with Gasteiger partial charge in [0.25, 0.3) is 5.91 Å². The van der Waals surface area contributed by atoms with Crippen molar-refractivity contribution in [2.45, 2.75) is 32.8 Å². The highest BCUT2D eigenvalue weighted by atomic mass is 16.5. The first-order valence-electron chi connectivity index (χ1n) is 6.58. The lowest BCUT2D eigenvalue weighted by atomic mass is 10.1. The molecular formula is C15H21NO3. The van der Waals surface area contributed by atoms with Crippen LogP contribution in [-0.2, 0) is 4.79 Å². The zero-order valence-corrected chi connectivity index (χ0v) is 11.8. The van der Waals surface area contributed by atoms with Crippen molar-refractivity contribution >= 4 is 5.91 Å². The quantitative estimate of drug-likeness (QED) is 0.902. The van der Waals surface area contributed by atoms with Gasteiger partial charge >= 0.3 is 0 Å². The molecule has 0 aliphatic carbocycles. The Morgan fingerprint density at radius 2 is 2.21 bits per heavy atom. The largest absolute Gasteiger partial charge is 0.483 e. The minimum Gasteiger partial charge on any atom is -0.483 e. The summed E-state index contributed by atoms with van der Waals surface area (Å²) in [7, 11) is 0. The van der Waals surface area contributed by atoms with E-state index >= 15 is 0 Å². The van der Waals surface area contributed by atoms with Crippen LogP contribution in [0.25, 0.3) is 0 Å². The standard InChI is InChI=1S/C15H21NO3/c1-11-5-4-6-13(12(11)2)19-9-14(17)16-8-7-15(3,18)10-16/h4-6,18H,7-10H2,1-3H3. The molecular weight excluding hydrogens is 242 g/mol. The zero-order chi connectivity index (χ0) is 14.0. The first kappa shape index (κ1) is 13.9. The van der Waals surface area contributed by atoms with E-state index in [0.717, 1.165) is 16.9 Å². The Hall–Kier alpha value is -1.55.